The molecule has 0 unspecified atom stereocenters. The zero-order chi connectivity index (χ0) is 22.6. The van der Waals surface area contributed by atoms with E-state index in [0.717, 1.165) is 54.4 Å². The number of benzene rings is 1. The van der Waals surface area contributed by atoms with Gasteiger partial charge in [0.1, 0.15) is 0 Å². The van der Waals surface area contributed by atoms with Gasteiger partial charge >= 0.3 is 0 Å². The number of hydrogen-bond acceptors (Lipinski definition) is 3. The molecule has 6 rings (SSSR count). The first kappa shape index (κ1) is 21.0. The number of hydrogen-bond donors (Lipinski definition) is 0. The van der Waals surface area contributed by atoms with Crippen LogP contribution in [0.2, 0.25) is 0 Å². The van der Waals surface area contributed by atoms with Crippen molar-refractivity contribution >= 4 is 0 Å². The average molecular weight is 445 g/mol. The maximum Gasteiger partial charge on any atom is 0.219 e. The summed E-state index contributed by atoms with van der Waals surface area (Å²) >= 11 is 0. The van der Waals surface area contributed by atoms with Crippen molar-refractivity contribution in [2.75, 3.05) is 6.54 Å². The van der Waals surface area contributed by atoms with Gasteiger partial charge in [0.05, 0.1) is 17.5 Å². The summed E-state index contributed by atoms with van der Waals surface area (Å²) in [5.41, 5.74) is 7.18. The molecule has 0 atom stereocenters. The van der Waals surface area contributed by atoms with Gasteiger partial charge in [-0.3, -0.25) is 9.88 Å². The van der Waals surface area contributed by atoms with Crippen molar-refractivity contribution in [3.8, 4) is 22.4 Å². The summed E-state index contributed by atoms with van der Waals surface area (Å²) in [6.07, 6.45) is 9.20. The van der Waals surface area contributed by atoms with Gasteiger partial charge in [-0.1, -0.05) is 38.0 Å². The predicted molar refractivity (Wildman–Crippen MR) is 129 cm³/mol. The molecule has 33 heavy (non-hydrogen) atoms. The zero-order valence-electron chi connectivity index (χ0n) is 19.8. The maximum absolute atomic E-state index is 15.6. The molecule has 0 spiro atoms. The fourth-order valence-corrected chi connectivity index (χ4v) is 5.81. The third kappa shape index (κ3) is 4.12. The minimum Gasteiger partial charge on any atom is -0.295 e. The topological polar surface area (TPSA) is 34.0 Å². The fourth-order valence-electron chi connectivity index (χ4n) is 5.81. The van der Waals surface area contributed by atoms with Crippen LogP contribution in [-0.2, 0) is 19.6 Å². The van der Waals surface area contributed by atoms with Gasteiger partial charge in [0.25, 0.3) is 0 Å². The van der Waals surface area contributed by atoms with Crippen LogP contribution in [0.4, 0.5) is 4.39 Å². The third-order valence-corrected chi connectivity index (χ3v) is 7.92. The van der Waals surface area contributed by atoms with Gasteiger partial charge in [0, 0.05) is 43.0 Å². The Labute approximate surface area is 195 Å². The molecule has 3 aromatic rings. The molecule has 0 bridgehead atoms. The molecule has 4 nitrogen and oxygen atoms in total. The Hall–Kier alpha value is -2.53. The number of rotatable bonds is 6. The highest BCUT2D eigenvalue weighted by Crippen LogP contribution is 2.40. The van der Waals surface area contributed by atoms with Gasteiger partial charge in [0.15, 0.2) is 0 Å². The number of pyridine rings is 1. The van der Waals surface area contributed by atoms with Gasteiger partial charge in [-0.25, -0.2) is 4.68 Å². The predicted octanol–water partition coefficient (Wildman–Crippen LogP) is 6.37. The number of halogens is 1. The van der Waals surface area contributed by atoms with Crippen molar-refractivity contribution in [2.45, 2.75) is 72.0 Å². The lowest BCUT2D eigenvalue weighted by atomic mass is 9.89. The second kappa shape index (κ2) is 8.05. The first-order chi connectivity index (χ1) is 16.0. The molecule has 0 amide bonds. The highest BCUT2D eigenvalue weighted by Gasteiger charge is 2.31. The van der Waals surface area contributed by atoms with Crippen LogP contribution in [0.25, 0.3) is 22.4 Å². The average Bonchev–Trinajstić information content (AvgIpc) is 3.19. The highest BCUT2D eigenvalue weighted by atomic mass is 19.1. The summed E-state index contributed by atoms with van der Waals surface area (Å²) in [5, 5.41) is 4.47. The Balaban J connectivity index is 1.33. The quantitative estimate of drug-likeness (QED) is 0.443. The van der Waals surface area contributed by atoms with E-state index in [9.17, 15) is 0 Å². The lowest BCUT2D eigenvalue weighted by molar-refractivity contribution is 0.249. The van der Waals surface area contributed by atoms with E-state index in [1.165, 1.54) is 43.4 Å². The van der Waals surface area contributed by atoms with E-state index in [4.69, 9.17) is 4.98 Å². The van der Waals surface area contributed by atoms with Crippen molar-refractivity contribution in [2.24, 2.45) is 11.3 Å². The lowest BCUT2D eigenvalue weighted by Gasteiger charge is -2.23. The minimum atomic E-state index is -0.244. The normalized spacial score (nSPS) is 19.8. The Morgan fingerprint density at radius 3 is 2.61 bits per heavy atom. The van der Waals surface area contributed by atoms with Crippen molar-refractivity contribution in [1.82, 2.24) is 19.7 Å². The van der Waals surface area contributed by atoms with Crippen molar-refractivity contribution in [3.63, 3.8) is 0 Å². The summed E-state index contributed by atoms with van der Waals surface area (Å²) in [4.78, 5) is 7.43. The molecule has 1 aromatic carbocycles. The molecule has 0 radical (unpaired) electrons. The molecular formula is C28H33FN4. The molecule has 3 heterocycles. The summed E-state index contributed by atoms with van der Waals surface area (Å²) in [6, 6.07) is 10.7. The number of aromatic nitrogens is 3. The van der Waals surface area contributed by atoms with E-state index < -0.39 is 0 Å². The number of nitrogens with zero attached hydrogens (tertiary/aromatic N) is 4. The van der Waals surface area contributed by atoms with Crippen molar-refractivity contribution < 1.29 is 4.39 Å². The SMILES string of the molecule is Cc1ccc(-c2cnn(CC3(C)CCCC3)c2F)c(-c2ccc3c(c2)CN(CC2CC2)C3)n1. The summed E-state index contributed by atoms with van der Waals surface area (Å²) in [7, 11) is 0. The zero-order valence-corrected chi connectivity index (χ0v) is 19.8. The Bertz CT molecular complexity index is 1190. The van der Waals surface area contributed by atoms with Crippen LogP contribution in [-0.4, -0.2) is 26.2 Å². The monoisotopic (exact) mass is 444 g/mol. The van der Waals surface area contributed by atoms with E-state index in [1.807, 2.05) is 19.1 Å². The molecule has 2 aliphatic carbocycles. The Kier molecular flexibility index (Phi) is 5.13. The van der Waals surface area contributed by atoms with Gasteiger partial charge in [-0.05, 0) is 67.2 Å². The standard InChI is InChI=1S/C28H33FN4/c1-19-5-10-24(25-14-30-33(27(25)29)18-28(2)11-3-4-12-28)26(31-19)21-8-9-22-16-32(15-20-6-7-20)17-23(22)13-21/h5,8-10,13-14,20H,3-4,6-7,11-12,15-18H2,1-2H3. The fraction of sp³-hybridized carbons (Fsp3) is 0.500. The molecule has 172 valence electrons. The highest BCUT2D eigenvalue weighted by molar-refractivity contribution is 5.81. The molecule has 2 aromatic heterocycles. The second-order valence-electron chi connectivity index (χ2n) is 11.0. The van der Waals surface area contributed by atoms with E-state index in [2.05, 4.69) is 35.1 Å². The van der Waals surface area contributed by atoms with Crippen LogP contribution >= 0.6 is 0 Å². The largest absolute Gasteiger partial charge is 0.295 e. The van der Waals surface area contributed by atoms with Crippen molar-refractivity contribution in [1.29, 1.82) is 0 Å². The van der Waals surface area contributed by atoms with Crippen molar-refractivity contribution in [3.05, 3.63) is 59.3 Å². The van der Waals surface area contributed by atoms with Crippen LogP contribution in [0.15, 0.2) is 36.5 Å². The molecule has 1 aliphatic heterocycles. The van der Waals surface area contributed by atoms with Crippen LogP contribution < -0.4 is 0 Å². The first-order valence-corrected chi connectivity index (χ1v) is 12.5. The van der Waals surface area contributed by atoms with E-state index in [0.29, 0.717) is 12.1 Å². The van der Waals surface area contributed by atoms with E-state index in [-0.39, 0.29) is 11.4 Å². The molecule has 5 heteroatoms. The lowest BCUT2D eigenvalue weighted by Crippen LogP contribution is -2.21. The van der Waals surface area contributed by atoms with Gasteiger partial charge < -0.3 is 0 Å². The summed E-state index contributed by atoms with van der Waals surface area (Å²) < 4.78 is 17.2. The summed E-state index contributed by atoms with van der Waals surface area (Å²) in [5.74, 6) is 0.654. The second-order valence-corrected chi connectivity index (χ2v) is 11.0. The minimum absolute atomic E-state index is 0.144. The van der Waals surface area contributed by atoms with Crippen LogP contribution in [0, 0.1) is 24.2 Å². The van der Waals surface area contributed by atoms with E-state index in [1.54, 1.807) is 10.9 Å². The molecule has 0 saturated heterocycles. The van der Waals surface area contributed by atoms with E-state index >= 15 is 4.39 Å². The summed E-state index contributed by atoms with van der Waals surface area (Å²) in [6.45, 7) is 8.16. The molecular weight excluding hydrogens is 411 g/mol. The van der Waals surface area contributed by atoms with Crippen LogP contribution in [0.3, 0.4) is 0 Å². The smallest absolute Gasteiger partial charge is 0.219 e. The van der Waals surface area contributed by atoms with Crippen LogP contribution in [0.5, 0.6) is 0 Å². The first-order valence-electron chi connectivity index (χ1n) is 12.5. The number of fused-ring (bicyclic) bond motifs is 1. The number of aryl methyl sites for hydroxylation is 1. The van der Waals surface area contributed by atoms with Crippen LogP contribution in [0.1, 0.15) is 62.3 Å². The Morgan fingerprint density at radius 1 is 1.03 bits per heavy atom. The van der Waals surface area contributed by atoms with Gasteiger partial charge in [-0.2, -0.15) is 9.49 Å². The molecule has 3 aliphatic rings. The van der Waals surface area contributed by atoms with Gasteiger partial charge in [0.2, 0.25) is 5.95 Å². The molecule has 2 fully saturated rings. The molecule has 0 N–H and O–H groups in total. The third-order valence-electron chi connectivity index (χ3n) is 7.92. The molecule has 2 saturated carbocycles. The maximum atomic E-state index is 15.6. The Morgan fingerprint density at radius 2 is 1.82 bits per heavy atom. The van der Waals surface area contributed by atoms with Gasteiger partial charge in [-0.15, -0.1) is 0 Å².